The first-order valence-corrected chi connectivity index (χ1v) is 3.04. The Labute approximate surface area is 55.7 Å². The van der Waals surface area contributed by atoms with Crippen molar-refractivity contribution in [3.8, 4) is 0 Å². The van der Waals surface area contributed by atoms with Crippen molar-refractivity contribution in [2.45, 2.75) is 19.4 Å². The topological polar surface area (TPSA) is 43.1 Å². The third kappa shape index (κ3) is 3.91. The Morgan fingerprint density at radius 3 is 2.67 bits per heavy atom. The molecule has 2 nitrogen and oxygen atoms in total. The van der Waals surface area contributed by atoms with Crippen molar-refractivity contribution in [2.75, 3.05) is 0 Å². The van der Waals surface area contributed by atoms with E-state index in [1.165, 1.54) is 0 Å². The van der Waals surface area contributed by atoms with Crippen molar-refractivity contribution < 1.29 is 4.79 Å². The summed E-state index contributed by atoms with van der Waals surface area (Å²) in [4.78, 5) is 10.00. The number of aldehydes is 1. The van der Waals surface area contributed by atoms with E-state index in [1.54, 1.807) is 6.08 Å². The maximum atomic E-state index is 10.00. The Morgan fingerprint density at radius 1 is 1.78 bits per heavy atom. The van der Waals surface area contributed by atoms with Crippen LogP contribution in [-0.2, 0) is 4.79 Å². The zero-order valence-electron chi connectivity index (χ0n) is 5.71. The molecular formula is C7H13NO. The second kappa shape index (κ2) is 4.27. The highest BCUT2D eigenvalue weighted by atomic mass is 16.1. The zero-order chi connectivity index (χ0) is 7.28. The van der Waals surface area contributed by atoms with Gasteiger partial charge in [-0.15, -0.1) is 6.58 Å². The van der Waals surface area contributed by atoms with Crippen LogP contribution >= 0.6 is 0 Å². The van der Waals surface area contributed by atoms with E-state index in [9.17, 15) is 4.79 Å². The number of allylic oxidation sites excluding steroid dienone is 1. The van der Waals surface area contributed by atoms with E-state index in [4.69, 9.17) is 5.73 Å². The fraction of sp³-hybridized carbons (Fsp3) is 0.571. The number of carbonyl (C=O) groups is 1. The normalized spacial score (nSPS) is 16.2. The largest absolute Gasteiger partial charge is 0.322 e. The molecule has 0 amide bonds. The molecule has 2 N–H and O–H groups in total. The van der Waals surface area contributed by atoms with E-state index in [0.29, 0.717) is 12.3 Å². The molecule has 0 aromatic rings. The van der Waals surface area contributed by atoms with Crippen molar-refractivity contribution >= 4 is 6.29 Å². The van der Waals surface area contributed by atoms with Crippen molar-refractivity contribution in [1.82, 2.24) is 0 Å². The molecule has 0 bridgehead atoms. The number of nitrogens with two attached hydrogens (primary N) is 1. The van der Waals surface area contributed by atoms with Crippen LogP contribution in [0.15, 0.2) is 12.7 Å². The predicted molar refractivity (Wildman–Crippen MR) is 38.0 cm³/mol. The molecule has 0 fully saturated rings. The number of hydrogen-bond acceptors (Lipinski definition) is 2. The Kier molecular flexibility index (Phi) is 3.97. The molecule has 0 rings (SSSR count). The van der Waals surface area contributed by atoms with Gasteiger partial charge in [0.2, 0.25) is 0 Å². The average Bonchev–Trinajstić information content (AvgIpc) is 1.87. The van der Waals surface area contributed by atoms with Crippen LogP contribution in [0.4, 0.5) is 0 Å². The van der Waals surface area contributed by atoms with E-state index in [2.05, 4.69) is 6.58 Å². The minimum absolute atomic E-state index is 0.321. The van der Waals surface area contributed by atoms with E-state index in [1.807, 2.05) is 6.92 Å². The van der Waals surface area contributed by atoms with Gasteiger partial charge in [0.1, 0.15) is 6.29 Å². The van der Waals surface area contributed by atoms with E-state index in [0.717, 1.165) is 6.29 Å². The van der Waals surface area contributed by atoms with Crippen molar-refractivity contribution in [3.63, 3.8) is 0 Å². The number of hydrogen-bond donors (Lipinski definition) is 1. The summed E-state index contributed by atoms with van der Waals surface area (Å²) in [5.41, 5.74) is 5.33. The van der Waals surface area contributed by atoms with Crippen molar-refractivity contribution in [3.05, 3.63) is 12.7 Å². The summed E-state index contributed by atoms with van der Waals surface area (Å²) in [6.45, 7) is 5.56. The average molecular weight is 127 g/mol. The summed E-state index contributed by atoms with van der Waals surface area (Å²) in [6.07, 6.45) is 3.26. The molecule has 9 heavy (non-hydrogen) atoms. The molecule has 0 aliphatic rings. The molecule has 2 atom stereocenters. The SMILES string of the molecule is C=CC(C)C[C@H](N)C=O. The summed E-state index contributed by atoms with van der Waals surface area (Å²) < 4.78 is 0. The van der Waals surface area contributed by atoms with Crippen LogP contribution in [0.1, 0.15) is 13.3 Å². The monoisotopic (exact) mass is 127 g/mol. The molecule has 0 heterocycles. The lowest BCUT2D eigenvalue weighted by atomic mass is 10.0. The summed E-state index contributed by atoms with van der Waals surface area (Å²) in [5, 5.41) is 0. The molecule has 0 saturated heterocycles. The summed E-state index contributed by atoms with van der Waals surface area (Å²) in [7, 11) is 0. The molecule has 52 valence electrons. The van der Waals surface area contributed by atoms with Gasteiger partial charge in [0.25, 0.3) is 0 Å². The quantitative estimate of drug-likeness (QED) is 0.446. The van der Waals surface area contributed by atoms with Crippen LogP contribution < -0.4 is 5.73 Å². The van der Waals surface area contributed by atoms with Gasteiger partial charge in [0, 0.05) is 0 Å². The van der Waals surface area contributed by atoms with Gasteiger partial charge in [-0.3, -0.25) is 0 Å². The highest BCUT2D eigenvalue weighted by molar-refractivity contribution is 5.56. The van der Waals surface area contributed by atoms with Crippen LogP contribution in [0.2, 0.25) is 0 Å². The number of rotatable bonds is 4. The molecule has 0 aromatic carbocycles. The minimum Gasteiger partial charge on any atom is -0.322 e. The molecule has 0 saturated carbocycles. The van der Waals surface area contributed by atoms with E-state index < -0.39 is 0 Å². The molecule has 1 unspecified atom stereocenters. The second-order valence-corrected chi connectivity index (χ2v) is 2.25. The summed E-state index contributed by atoms with van der Waals surface area (Å²) in [6, 6.07) is -0.321. The van der Waals surface area contributed by atoms with Gasteiger partial charge in [-0.05, 0) is 12.3 Å². The van der Waals surface area contributed by atoms with Crippen molar-refractivity contribution in [2.24, 2.45) is 11.7 Å². The molecule has 0 aliphatic carbocycles. The first-order chi connectivity index (χ1) is 4.20. The highest BCUT2D eigenvalue weighted by Crippen LogP contribution is 2.02. The van der Waals surface area contributed by atoms with Crippen LogP contribution in [0.25, 0.3) is 0 Å². The summed E-state index contributed by atoms with van der Waals surface area (Å²) >= 11 is 0. The summed E-state index contributed by atoms with van der Waals surface area (Å²) in [5.74, 6) is 0.338. The minimum atomic E-state index is -0.321. The third-order valence-corrected chi connectivity index (χ3v) is 1.22. The maximum Gasteiger partial charge on any atom is 0.136 e. The van der Waals surface area contributed by atoms with Crippen molar-refractivity contribution in [1.29, 1.82) is 0 Å². The fourth-order valence-corrected chi connectivity index (χ4v) is 0.581. The molecule has 0 spiro atoms. The fourth-order valence-electron chi connectivity index (χ4n) is 0.581. The van der Waals surface area contributed by atoms with Gasteiger partial charge >= 0.3 is 0 Å². The molecule has 2 heteroatoms. The maximum absolute atomic E-state index is 10.00. The molecule has 0 aromatic heterocycles. The van der Waals surface area contributed by atoms with Gasteiger partial charge in [-0.25, -0.2) is 0 Å². The Hall–Kier alpha value is -0.630. The molecule has 0 aliphatic heterocycles. The van der Waals surface area contributed by atoms with Gasteiger partial charge in [0.05, 0.1) is 6.04 Å². The molecule has 0 radical (unpaired) electrons. The van der Waals surface area contributed by atoms with E-state index >= 15 is 0 Å². The zero-order valence-corrected chi connectivity index (χ0v) is 5.71. The smallest absolute Gasteiger partial charge is 0.136 e. The van der Waals surface area contributed by atoms with Gasteiger partial charge < -0.3 is 10.5 Å². The first kappa shape index (κ1) is 8.37. The molecular weight excluding hydrogens is 114 g/mol. The van der Waals surface area contributed by atoms with Crippen LogP contribution in [0, 0.1) is 5.92 Å². The first-order valence-electron chi connectivity index (χ1n) is 3.04. The lowest BCUT2D eigenvalue weighted by Gasteiger charge is -2.06. The van der Waals surface area contributed by atoms with Gasteiger partial charge in [-0.2, -0.15) is 0 Å². The lowest BCUT2D eigenvalue weighted by Crippen LogP contribution is -2.23. The number of carbonyl (C=O) groups excluding carboxylic acids is 1. The second-order valence-electron chi connectivity index (χ2n) is 2.25. The Balaban J connectivity index is 3.45. The lowest BCUT2D eigenvalue weighted by molar-refractivity contribution is -0.109. The Morgan fingerprint density at radius 2 is 2.33 bits per heavy atom. The Bertz CT molecular complexity index is 89.1. The third-order valence-electron chi connectivity index (χ3n) is 1.22. The predicted octanol–water partition coefficient (Wildman–Crippen LogP) is 0.725. The van der Waals surface area contributed by atoms with Crippen LogP contribution in [-0.4, -0.2) is 12.3 Å². The van der Waals surface area contributed by atoms with Gasteiger partial charge in [-0.1, -0.05) is 13.0 Å². The van der Waals surface area contributed by atoms with Crippen LogP contribution in [0.5, 0.6) is 0 Å². The highest BCUT2D eigenvalue weighted by Gasteiger charge is 2.02. The van der Waals surface area contributed by atoms with Gasteiger partial charge in [0.15, 0.2) is 0 Å². The van der Waals surface area contributed by atoms with Crippen LogP contribution in [0.3, 0.4) is 0 Å². The standard InChI is InChI=1S/C7H13NO/c1-3-6(2)4-7(8)5-9/h3,5-7H,1,4,8H2,2H3/t6?,7-/m0/s1. The van der Waals surface area contributed by atoms with E-state index in [-0.39, 0.29) is 6.04 Å².